The van der Waals surface area contributed by atoms with E-state index < -0.39 is 11.9 Å². The number of esters is 1. The lowest BCUT2D eigenvalue weighted by Crippen LogP contribution is -2.06. The highest BCUT2D eigenvalue weighted by atomic mass is 16.5. The zero-order valence-corrected chi connectivity index (χ0v) is 11.7. The fourth-order valence-corrected chi connectivity index (χ4v) is 1.51. The van der Waals surface area contributed by atoms with Crippen LogP contribution in [0.15, 0.2) is 54.6 Å². The van der Waals surface area contributed by atoms with E-state index in [1.807, 2.05) is 18.2 Å². The largest absolute Gasteiger partial charge is 0.478 e. The predicted molar refractivity (Wildman–Crippen MR) is 78.1 cm³/mol. The number of carboxylic acid groups (broad SMARTS) is 2. The van der Waals surface area contributed by atoms with Crippen LogP contribution in [-0.4, -0.2) is 28.1 Å². The van der Waals surface area contributed by atoms with Gasteiger partial charge in [-0.05, 0) is 24.3 Å². The quantitative estimate of drug-likeness (QED) is 0.667. The second-order valence-electron chi connectivity index (χ2n) is 4.06. The number of benzene rings is 2. The molecule has 22 heavy (non-hydrogen) atoms. The highest BCUT2D eigenvalue weighted by molar-refractivity contribution is 6.01. The lowest BCUT2D eigenvalue weighted by molar-refractivity contribution is -0.131. The summed E-state index contributed by atoms with van der Waals surface area (Å²) in [6.45, 7) is 1.38. The molecule has 6 nitrogen and oxygen atoms in total. The van der Waals surface area contributed by atoms with Crippen LogP contribution in [0.5, 0.6) is 5.75 Å². The van der Waals surface area contributed by atoms with Crippen LogP contribution in [-0.2, 0) is 4.79 Å². The van der Waals surface area contributed by atoms with Crippen molar-refractivity contribution in [3.63, 3.8) is 0 Å². The van der Waals surface area contributed by atoms with Crippen molar-refractivity contribution in [2.45, 2.75) is 6.92 Å². The number of carbonyl (C=O) groups is 3. The van der Waals surface area contributed by atoms with Crippen LogP contribution in [0.1, 0.15) is 27.6 Å². The molecule has 0 saturated heterocycles. The van der Waals surface area contributed by atoms with Gasteiger partial charge in [-0.1, -0.05) is 30.3 Å². The van der Waals surface area contributed by atoms with Crippen LogP contribution in [0.3, 0.4) is 0 Å². The lowest BCUT2D eigenvalue weighted by atomic mass is 10.1. The zero-order valence-electron chi connectivity index (χ0n) is 11.7. The summed E-state index contributed by atoms with van der Waals surface area (Å²) in [5.41, 5.74) is -0.380. The van der Waals surface area contributed by atoms with Crippen molar-refractivity contribution in [3.05, 3.63) is 65.7 Å². The van der Waals surface area contributed by atoms with E-state index in [-0.39, 0.29) is 17.1 Å². The summed E-state index contributed by atoms with van der Waals surface area (Å²) in [6.07, 6.45) is 0. The van der Waals surface area contributed by atoms with E-state index >= 15 is 0 Å². The van der Waals surface area contributed by atoms with Gasteiger partial charge in [-0.3, -0.25) is 4.79 Å². The molecular formula is C16H14O6. The highest BCUT2D eigenvalue weighted by Crippen LogP contribution is 2.08. The van der Waals surface area contributed by atoms with E-state index in [1.165, 1.54) is 31.2 Å². The minimum atomic E-state index is -1.23. The van der Waals surface area contributed by atoms with Gasteiger partial charge in [-0.25, -0.2) is 9.59 Å². The van der Waals surface area contributed by atoms with Crippen LogP contribution in [0.25, 0.3) is 0 Å². The molecule has 2 N–H and O–H groups in total. The molecule has 0 radical (unpaired) electrons. The average molecular weight is 302 g/mol. The van der Waals surface area contributed by atoms with Crippen molar-refractivity contribution >= 4 is 17.9 Å². The van der Waals surface area contributed by atoms with Crippen molar-refractivity contribution in [1.29, 1.82) is 0 Å². The molecule has 0 spiro atoms. The first-order valence-corrected chi connectivity index (χ1v) is 6.21. The molecule has 0 atom stereocenters. The summed E-state index contributed by atoms with van der Waals surface area (Å²) in [5.74, 6) is -2.15. The fraction of sp³-hybridized carbons (Fsp3) is 0.0625. The first-order valence-electron chi connectivity index (χ1n) is 6.21. The minimum Gasteiger partial charge on any atom is -0.478 e. The number of aromatic carboxylic acids is 2. The molecule has 0 heterocycles. The summed E-state index contributed by atoms with van der Waals surface area (Å²) in [5, 5.41) is 17.1. The second-order valence-corrected chi connectivity index (χ2v) is 4.06. The van der Waals surface area contributed by atoms with E-state index in [1.54, 1.807) is 12.1 Å². The van der Waals surface area contributed by atoms with Crippen molar-refractivity contribution in [2.75, 3.05) is 0 Å². The smallest absolute Gasteiger partial charge is 0.336 e. The average Bonchev–Trinajstić information content (AvgIpc) is 2.48. The van der Waals surface area contributed by atoms with E-state index in [2.05, 4.69) is 0 Å². The van der Waals surface area contributed by atoms with E-state index in [9.17, 15) is 14.4 Å². The Labute approximate surface area is 126 Å². The number of para-hydroxylation sites is 1. The minimum absolute atomic E-state index is 0.190. The Hall–Kier alpha value is -3.15. The standard InChI is InChI=1S/C8H6O4.C8H8O2/c9-7(10)5-3-1-2-4-6(5)8(11)12;1-7(9)10-8-5-3-2-4-6-8/h1-4H,(H,9,10)(H,11,12);2-6H,1H3. The Balaban J connectivity index is 0.000000224. The maximum Gasteiger partial charge on any atom is 0.336 e. The van der Waals surface area contributed by atoms with Crippen molar-refractivity contribution in [3.8, 4) is 5.75 Å². The van der Waals surface area contributed by atoms with Gasteiger partial charge in [0.2, 0.25) is 0 Å². The van der Waals surface area contributed by atoms with E-state index in [0.717, 1.165) is 0 Å². The fourth-order valence-electron chi connectivity index (χ4n) is 1.51. The summed E-state index contributed by atoms with van der Waals surface area (Å²) in [7, 11) is 0. The number of carboxylic acids is 2. The van der Waals surface area contributed by atoms with Crippen LogP contribution in [0, 0.1) is 0 Å². The number of rotatable bonds is 3. The first-order chi connectivity index (χ1) is 10.4. The molecule has 114 valence electrons. The van der Waals surface area contributed by atoms with Crippen LogP contribution < -0.4 is 4.74 Å². The molecule has 0 aliphatic carbocycles. The van der Waals surface area contributed by atoms with Gasteiger partial charge in [0.05, 0.1) is 11.1 Å². The molecule has 2 rings (SSSR count). The zero-order chi connectivity index (χ0) is 16.5. The SMILES string of the molecule is CC(=O)Oc1ccccc1.O=C(O)c1ccccc1C(=O)O. The molecular weight excluding hydrogens is 288 g/mol. The summed E-state index contributed by atoms with van der Waals surface area (Å²) < 4.78 is 4.78. The van der Waals surface area contributed by atoms with Crippen molar-refractivity contribution < 1.29 is 29.3 Å². The van der Waals surface area contributed by atoms with Crippen LogP contribution in [0.4, 0.5) is 0 Å². The number of ether oxygens (including phenoxy) is 1. The van der Waals surface area contributed by atoms with Gasteiger partial charge < -0.3 is 14.9 Å². The third-order valence-electron chi connectivity index (χ3n) is 2.39. The molecule has 0 saturated carbocycles. The van der Waals surface area contributed by atoms with Crippen molar-refractivity contribution in [1.82, 2.24) is 0 Å². The monoisotopic (exact) mass is 302 g/mol. The Kier molecular flexibility index (Phi) is 6.31. The Morgan fingerprint density at radius 1 is 0.773 bits per heavy atom. The molecule has 2 aromatic carbocycles. The summed E-state index contributed by atoms with van der Waals surface area (Å²) in [6, 6.07) is 14.5. The lowest BCUT2D eigenvalue weighted by Gasteiger charge is -1.98. The number of hydrogen-bond donors (Lipinski definition) is 2. The number of hydrogen-bond acceptors (Lipinski definition) is 4. The van der Waals surface area contributed by atoms with Crippen molar-refractivity contribution in [2.24, 2.45) is 0 Å². The molecule has 0 fully saturated rings. The molecule has 0 amide bonds. The predicted octanol–water partition coefficient (Wildman–Crippen LogP) is 2.69. The van der Waals surface area contributed by atoms with E-state index in [4.69, 9.17) is 14.9 Å². The molecule has 0 bridgehead atoms. The summed E-state index contributed by atoms with van der Waals surface area (Å²) >= 11 is 0. The normalized spacial score (nSPS) is 9.14. The second kappa shape index (κ2) is 8.21. The molecule has 0 aromatic heterocycles. The summed E-state index contributed by atoms with van der Waals surface area (Å²) in [4.78, 5) is 31.3. The third kappa shape index (κ3) is 5.46. The maximum absolute atomic E-state index is 10.5. The Morgan fingerprint density at radius 2 is 1.18 bits per heavy atom. The Bertz CT molecular complexity index is 630. The van der Waals surface area contributed by atoms with Gasteiger partial charge in [0, 0.05) is 6.92 Å². The number of carbonyl (C=O) groups excluding carboxylic acids is 1. The topological polar surface area (TPSA) is 101 Å². The van der Waals surface area contributed by atoms with Gasteiger partial charge in [0.1, 0.15) is 5.75 Å². The van der Waals surface area contributed by atoms with Crippen LogP contribution >= 0.6 is 0 Å². The molecule has 0 aliphatic rings. The molecule has 0 unspecified atom stereocenters. The van der Waals surface area contributed by atoms with Crippen LogP contribution in [0.2, 0.25) is 0 Å². The van der Waals surface area contributed by atoms with Gasteiger partial charge >= 0.3 is 17.9 Å². The van der Waals surface area contributed by atoms with Gasteiger partial charge in [0.25, 0.3) is 0 Å². The third-order valence-corrected chi connectivity index (χ3v) is 2.39. The first kappa shape index (κ1) is 16.9. The maximum atomic E-state index is 10.5. The van der Waals surface area contributed by atoms with Gasteiger partial charge in [-0.2, -0.15) is 0 Å². The Morgan fingerprint density at radius 3 is 1.55 bits per heavy atom. The molecule has 0 aliphatic heterocycles. The molecule has 2 aromatic rings. The highest BCUT2D eigenvalue weighted by Gasteiger charge is 2.13. The van der Waals surface area contributed by atoms with Gasteiger partial charge in [-0.15, -0.1) is 0 Å². The molecule has 6 heteroatoms. The van der Waals surface area contributed by atoms with Gasteiger partial charge in [0.15, 0.2) is 0 Å². The van der Waals surface area contributed by atoms with E-state index in [0.29, 0.717) is 5.75 Å².